The molecule has 2 rings (SSSR count). The van der Waals surface area contributed by atoms with Crippen LogP contribution in [0, 0.1) is 16.0 Å². The standard InChI is InChI=1S/C13H14N2O5/c1-2-20-13(17)9(7-15(18)19)11-8-5-3-4-6-10(8)14-12(11)16/h3-6,9,11H,2,7H2,1H3,(H,14,16)/t9-,11+/m0/s1. The smallest absolute Gasteiger partial charge is 0.316 e. The molecule has 0 spiro atoms. The summed E-state index contributed by atoms with van der Waals surface area (Å²) < 4.78 is 4.86. The van der Waals surface area contributed by atoms with Crippen molar-refractivity contribution in [3.63, 3.8) is 0 Å². The minimum absolute atomic E-state index is 0.114. The van der Waals surface area contributed by atoms with Crippen LogP contribution in [-0.2, 0) is 14.3 Å². The Balaban J connectivity index is 2.35. The van der Waals surface area contributed by atoms with Crippen LogP contribution in [0.2, 0.25) is 0 Å². The van der Waals surface area contributed by atoms with Crippen molar-refractivity contribution in [1.29, 1.82) is 0 Å². The third-order valence-corrected chi connectivity index (χ3v) is 3.17. The van der Waals surface area contributed by atoms with Crippen molar-refractivity contribution in [3.05, 3.63) is 39.9 Å². The maximum absolute atomic E-state index is 12.0. The Bertz CT molecular complexity index is 557. The lowest BCUT2D eigenvalue weighted by Gasteiger charge is -2.17. The third kappa shape index (κ3) is 2.61. The number of hydrogen-bond donors (Lipinski definition) is 1. The Morgan fingerprint density at radius 2 is 2.20 bits per heavy atom. The van der Waals surface area contributed by atoms with Crippen LogP contribution in [0.5, 0.6) is 0 Å². The summed E-state index contributed by atoms with van der Waals surface area (Å²) in [5.74, 6) is -3.13. The summed E-state index contributed by atoms with van der Waals surface area (Å²) in [6.45, 7) is 1.10. The summed E-state index contributed by atoms with van der Waals surface area (Å²) in [5, 5.41) is 13.4. The number of nitro groups is 1. The summed E-state index contributed by atoms with van der Waals surface area (Å²) in [6.07, 6.45) is 0. The van der Waals surface area contributed by atoms with Crippen molar-refractivity contribution in [1.82, 2.24) is 0 Å². The second-order valence-electron chi connectivity index (χ2n) is 4.43. The fourth-order valence-corrected chi connectivity index (χ4v) is 2.36. The van der Waals surface area contributed by atoms with E-state index >= 15 is 0 Å². The number of anilines is 1. The van der Waals surface area contributed by atoms with Crippen LogP contribution in [0.25, 0.3) is 0 Å². The number of esters is 1. The summed E-state index contributed by atoms with van der Waals surface area (Å²) in [5.41, 5.74) is 1.18. The number of nitrogens with zero attached hydrogens (tertiary/aromatic N) is 1. The van der Waals surface area contributed by atoms with Gasteiger partial charge < -0.3 is 10.1 Å². The largest absolute Gasteiger partial charge is 0.466 e. The molecular formula is C13H14N2O5. The molecule has 0 bridgehead atoms. The zero-order valence-electron chi connectivity index (χ0n) is 10.9. The molecular weight excluding hydrogens is 264 g/mol. The van der Waals surface area contributed by atoms with Crippen molar-refractivity contribution in [2.24, 2.45) is 5.92 Å². The molecule has 2 atom stereocenters. The van der Waals surface area contributed by atoms with Gasteiger partial charge in [0.1, 0.15) is 5.92 Å². The topological polar surface area (TPSA) is 98.5 Å². The van der Waals surface area contributed by atoms with Gasteiger partial charge in [0.05, 0.1) is 12.5 Å². The molecule has 0 aliphatic carbocycles. The molecule has 0 radical (unpaired) electrons. The molecule has 7 nitrogen and oxygen atoms in total. The van der Waals surface area contributed by atoms with Gasteiger partial charge in [0.2, 0.25) is 12.5 Å². The van der Waals surface area contributed by atoms with E-state index in [2.05, 4.69) is 5.32 Å². The quantitative estimate of drug-likeness (QED) is 0.495. The van der Waals surface area contributed by atoms with Crippen LogP contribution in [0.1, 0.15) is 18.4 Å². The van der Waals surface area contributed by atoms with Crippen LogP contribution < -0.4 is 5.32 Å². The average Bonchev–Trinajstić information content (AvgIpc) is 2.72. The first-order valence-electron chi connectivity index (χ1n) is 6.22. The monoisotopic (exact) mass is 278 g/mol. The molecule has 7 heteroatoms. The molecule has 106 valence electrons. The molecule has 0 fully saturated rings. The van der Waals surface area contributed by atoms with Gasteiger partial charge >= 0.3 is 5.97 Å². The lowest BCUT2D eigenvalue weighted by atomic mass is 9.87. The number of rotatable bonds is 5. The van der Waals surface area contributed by atoms with Gasteiger partial charge in [-0.1, -0.05) is 18.2 Å². The number of para-hydroxylation sites is 1. The van der Waals surface area contributed by atoms with E-state index in [0.29, 0.717) is 11.3 Å². The number of benzene rings is 1. The van der Waals surface area contributed by atoms with E-state index in [1.807, 2.05) is 0 Å². The molecule has 1 aromatic carbocycles. The first-order chi connectivity index (χ1) is 9.54. The number of carbonyl (C=O) groups is 2. The van der Waals surface area contributed by atoms with Gasteiger partial charge in [0.25, 0.3) is 0 Å². The molecule has 0 aromatic heterocycles. The second-order valence-corrected chi connectivity index (χ2v) is 4.43. The van der Waals surface area contributed by atoms with Gasteiger partial charge in [-0.25, -0.2) is 0 Å². The summed E-state index contributed by atoms with van der Waals surface area (Å²) in [6, 6.07) is 6.85. The van der Waals surface area contributed by atoms with Crippen molar-refractivity contribution in [2.75, 3.05) is 18.5 Å². The predicted octanol–water partition coefficient (Wildman–Crippen LogP) is 1.18. The van der Waals surface area contributed by atoms with E-state index in [0.717, 1.165) is 0 Å². The number of carbonyl (C=O) groups excluding carboxylic acids is 2. The lowest BCUT2D eigenvalue weighted by Crippen LogP contribution is -2.34. The summed E-state index contributed by atoms with van der Waals surface area (Å²) in [4.78, 5) is 34.1. The Morgan fingerprint density at radius 1 is 1.50 bits per heavy atom. The third-order valence-electron chi connectivity index (χ3n) is 3.17. The zero-order valence-corrected chi connectivity index (χ0v) is 10.9. The number of ether oxygens (including phenoxy) is 1. The van der Waals surface area contributed by atoms with Gasteiger partial charge in [-0.15, -0.1) is 0 Å². The van der Waals surface area contributed by atoms with E-state index < -0.39 is 35.2 Å². The van der Waals surface area contributed by atoms with Gasteiger partial charge in [0, 0.05) is 10.6 Å². The minimum Gasteiger partial charge on any atom is -0.466 e. The molecule has 20 heavy (non-hydrogen) atoms. The summed E-state index contributed by atoms with van der Waals surface area (Å²) >= 11 is 0. The number of amides is 1. The Labute approximate surface area is 115 Å². The minimum atomic E-state index is -1.12. The highest BCUT2D eigenvalue weighted by Gasteiger charge is 2.44. The number of fused-ring (bicyclic) bond motifs is 1. The highest BCUT2D eigenvalue weighted by molar-refractivity contribution is 6.05. The SMILES string of the molecule is CCOC(=O)[C@@H](C[N+](=O)[O-])[C@@H]1C(=O)Nc2ccccc21. The van der Waals surface area contributed by atoms with E-state index in [1.165, 1.54) is 0 Å². The van der Waals surface area contributed by atoms with Crippen LogP contribution >= 0.6 is 0 Å². The van der Waals surface area contributed by atoms with Crippen molar-refractivity contribution >= 4 is 17.6 Å². The van der Waals surface area contributed by atoms with Gasteiger partial charge in [0.15, 0.2) is 0 Å². The van der Waals surface area contributed by atoms with E-state index in [-0.39, 0.29) is 6.61 Å². The van der Waals surface area contributed by atoms with Crippen LogP contribution in [0.15, 0.2) is 24.3 Å². The zero-order chi connectivity index (χ0) is 14.7. The molecule has 1 aliphatic rings. The number of hydrogen-bond acceptors (Lipinski definition) is 5. The average molecular weight is 278 g/mol. The van der Waals surface area contributed by atoms with Crippen LogP contribution in [-0.4, -0.2) is 30.0 Å². The Morgan fingerprint density at radius 3 is 2.85 bits per heavy atom. The maximum Gasteiger partial charge on any atom is 0.316 e. The van der Waals surface area contributed by atoms with Crippen LogP contribution in [0.3, 0.4) is 0 Å². The molecule has 1 amide bonds. The van der Waals surface area contributed by atoms with Crippen LogP contribution in [0.4, 0.5) is 5.69 Å². The van der Waals surface area contributed by atoms with Crippen molar-refractivity contribution in [3.8, 4) is 0 Å². The second kappa shape index (κ2) is 5.68. The molecule has 0 unspecified atom stereocenters. The van der Waals surface area contributed by atoms with Gasteiger partial charge in [-0.2, -0.15) is 0 Å². The van der Waals surface area contributed by atoms with Crippen molar-refractivity contribution < 1.29 is 19.2 Å². The molecule has 1 aromatic rings. The molecule has 1 N–H and O–H groups in total. The van der Waals surface area contributed by atoms with E-state index in [4.69, 9.17) is 4.74 Å². The maximum atomic E-state index is 12.0. The van der Waals surface area contributed by atoms with E-state index in [1.54, 1.807) is 31.2 Å². The van der Waals surface area contributed by atoms with Gasteiger partial charge in [-0.05, 0) is 18.6 Å². The van der Waals surface area contributed by atoms with E-state index in [9.17, 15) is 19.7 Å². The Hall–Kier alpha value is -2.44. The summed E-state index contributed by atoms with van der Waals surface area (Å²) in [7, 11) is 0. The fraction of sp³-hybridized carbons (Fsp3) is 0.385. The lowest BCUT2D eigenvalue weighted by molar-refractivity contribution is -0.486. The number of nitrogens with one attached hydrogen (secondary N) is 1. The molecule has 1 aliphatic heterocycles. The normalized spacial score (nSPS) is 18.1. The van der Waals surface area contributed by atoms with Crippen molar-refractivity contribution in [2.45, 2.75) is 12.8 Å². The molecule has 1 heterocycles. The highest BCUT2D eigenvalue weighted by Crippen LogP contribution is 2.37. The first-order valence-corrected chi connectivity index (χ1v) is 6.22. The molecule has 0 saturated heterocycles. The first kappa shape index (κ1) is 14.0. The predicted molar refractivity (Wildman–Crippen MR) is 69.8 cm³/mol. The highest BCUT2D eigenvalue weighted by atomic mass is 16.6. The molecule has 0 saturated carbocycles. The Kier molecular flexibility index (Phi) is 3.97. The fourth-order valence-electron chi connectivity index (χ4n) is 2.36. The van der Waals surface area contributed by atoms with Gasteiger partial charge in [-0.3, -0.25) is 19.7 Å².